The molecule has 3 atom stereocenters. The Kier molecular flexibility index (Phi) is 4.98. The molecule has 0 spiro atoms. The summed E-state index contributed by atoms with van der Waals surface area (Å²) in [5, 5.41) is 13.4. The number of benzene rings is 1. The molecule has 1 aliphatic carbocycles. The maximum atomic E-state index is 12.4. The fourth-order valence-corrected chi connectivity index (χ4v) is 4.09. The van der Waals surface area contributed by atoms with Gasteiger partial charge in [0.05, 0.1) is 17.5 Å². The zero-order valence-corrected chi connectivity index (χ0v) is 13.9. The third kappa shape index (κ3) is 3.79. The number of carbonyl (C=O) groups excluding carboxylic acids is 2. The number of rotatable bonds is 5. The highest BCUT2D eigenvalue weighted by Crippen LogP contribution is 2.39. The number of nitrogens with zero attached hydrogens (tertiary/aromatic N) is 2. The maximum Gasteiger partial charge on any atom is 0.269 e. The molecular formula is C17H22N4O4. The minimum Gasteiger partial charge on any atom is -0.368 e. The molecule has 3 rings (SSSR count). The highest BCUT2D eigenvalue weighted by Gasteiger charge is 2.44. The number of nitrogens with one attached hydrogen (secondary N) is 1. The van der Waals surface area contributed by atoms with Gasteiger partial charge in [0.2, 0.25) is 11.8 Å². The smallest absolute Gasteiger partial charge is 0.269 e. The summed E-state index contributed by atoms with van der Waals surface area (Å²) in [6.45, 7) is 0.103. The number of primary amides is 1. The van der Waals surface area contributed by atoms with Gasteiger partial charge in [-0.25, -0.2) is 0 Å². The molecule has 25 heavy (non-hydrogen) atoms. The molecule has 2 amide bonds. The molecule has 0 aromatic heterocycles. The first-order chi connectivity index (χ1) is 12.0. The van der Waals surface area contributed by atoms with Gasteiger partial charge in [0.25, 0.3) is 5.69 Å². The van der Waals surface area contributed by atoms with Crippen molar-refractivity contribution in [1.29, 1.82) is 0 Å². The first kappa shape index (κ1) is 17.3. The Morgan fingerprint density at radius 3 is 2.56 bits per heavy atom. The van der Waals surface area contributed by atoms with Crippen molar-refractivity contribution in [3.05, 3.63) is 34.4 Å². The van der Waals surface area contributed by atoms with E-state index >= 15 is 0 Å². The van der Waals surface area contributed by atoms with E-state index in [0.29, 0.717) is 11.6 Å². The summed E-state index contributed by atoms with van der Waals surface area (Å²) < 4.78 is 0. The lowest BCUT2D eigenvalue weighted by atomic mass is 9.84. The molecule has 1 heterocycles. The van der Waals surface area contributed by atoms with Crippen LogP contribution in [0.15, 0.2) is 24.3 Å². The average molecular weight is 346 g/mol. The lowest BCUT2D eigenvalue weighted by molar-refractivity contribution is -0.384. The van der Waals surface area contributed by atoms with Crippen LogP contribution in [0, 0.1) is 16.0 Å². The van der Waals surface area contributed by atoms with E-state index < -0.39 is 11.0 Å². The minimum atomic E-state index is -0.490. The van der Waals surface area contributed by atoms with Gasteiger partial charge in [0.1, 0.15) is 0 Å². The van der Waals surface area contributed by atoms with Crippen molar-refractivity contribution in [2.75, 3.05) is 11.9 Å². The summed E-state index contributed by atoms with van der Waals surface area (Å²) >= 11 is 0. The number of hydrogen-bond acceptors (Lipinski definition) is 5. The fraction of sp³-hybridized carbons (Fsp3) is 0.529. The summed E-state index contributed by atoms with van der Waals surface area (Å²) in [5.74, 6) is -0.192. The molecule has 8 heteroatoms. The summed E-state index contributed by atoms with van der Waals surface area (Å²) in [6, 6.07) is 5.51. The number of non-ortho nitro benzene ring substituents is 1. The van der Waals surface area contributed by atoms with E-state index in [0.717, 1.165) is 32.1 Å². The first-order valence-corrected chi connectivity index (χ1v) is 8.55. The first-order valence-electron chi connectivity index (χ1n) is 8.55. The second-order valence-electron chi connectivity index (χ2n) is 6.79. The Morgan fingerprint density at radius 2 is 1.92 bits per heavy atom. The van der Waals surface area contributed by atoms with E-state index in [2.05, 4.69) is 5.32 Å². The quantitative estimate of drug-likeness (QED) is 0.621. The molecule has 0 unspecified atom stereocenters. The van der Waals surface area contributed by atoms with Gasteiger partial charge in [0.15, 0.2) is 0 Å². The van der Waals surface area contributed by atoms with Crippen molar-refractivity contribution >= 4 is 23.2 Å². The number of nitrogens with two attached hydrogens (primary N) is 1. The minimum absolute atomic E-state index is 0.0311. The van der Waals surface area contributed by atoms with Crippen LogP contribution in [0.5, 0.6) is 0 Å². The van der Waals surface area contributed by atoms with Gasteiger partial charge < -0.3 is 11.1 Å². The second kappa shape index (κ2) is 7.18. The largest absolute Gasteiger partial charge is 0.368 e. The lowest BCUT2D eigenvalue weighted by Gasteiger charge is -2.32. The number of nitro benzene ring substituents is 1. The van der Waals surface area contributed by atoms with Crippen molar-refractivity contribution in [2.24, 2.45) is 11.7 Å². The van der Waals surface area contributed by atoms with E-state index in [9.17, 15) is 19.7 Å². The number of fused-ring (bicyclic) bond motifs is 1. The number of likely N-dealkylation sites (tertiary alicyclic amines) is 1. The second-order valence-corrected chi connectivity index (χ2v) is 6.79. The standard InChI is InChI=1S/C17H22N4O4/c18-17(23)15-9-11-3-1-2-4-14(11)20(15)10-16(22)19-12-5-7-13(8-6-12)21(24)25/h5-8,11,14-15H,1-4,9-10H2,(H2,18,23)(H,19,22)/t11-,14-,15+/m1/s1. The Hall–Kier alpha value is -2.48. The highest BCUT2D eigenvalue weighted by molar-refractivity contribution is 5.93. The molecule has 134 valence electrons. The van der Waals surface area contributed by atoms with Gasteiger partial charge in [-0.2, -0.15) is 0 Å². The Balaban J connectivity index is 1.65. The van der Waals surface area contributed by atoms with Crippen LogP contribution in [0.2, 0.25) is 0 Å². The highest BCUT2D eigenvalue weighted by atomic mass is 16.6. The monoisotopic (exact) mass is 346 g/mol. The topological polar surface area (TPSA) is 119 Å². The number of carbonyl (C=O) groups is 2. The van der Waals surface area contributed by atoms with Crippen molar-refractivity contribution in [3.63, 3.8) is 0 Å². The van der Waals surface area contributed by atoms with Crippen molar-refractivity contribution in [3.8, 4) is 0 Å². The van der Waals surface area contributed by atoms with Crippen LogP contribution in [0.4, 0.5) is 11.4 Å². The molecule has 1 saturated carbocycles. The zero-order chi connectivity index (χ0) is 18.0. The fourth-order valence-electron chi connectivity index (χ4n) is 4.09. The van der Waals surface area contributed by atoms with Crippen LogP contribution < -0.4 is 11.1 Å². The van der Waals surface area contributed by atoms with Crippen molar-refractivity contribution < 1.29 is 14.5 Å². The molecule has 0 bridgehead atoms. The van der Waals surface area contributed by atoms with Gasteiger partial charge in [-0.05, 0) is 37.3 Å². The SMILES string of the molecule is NC(=O)[C@@H]1C[C@H]2CCCC[C@H]2N1CC(=O)Nc1ccc([N+](=O)[O-])cc1. The van der Waals surface area contributed by atoms with Crippen LogP contribution in [0.1, 0.15) is 32.1 Å². The molecular weight excluding hydrogens is 324 g/mol. The number of nitro groups is 1. The van der Waals surface area contributed by atoms with Gasteiger partial charge in [-0.1, -0.05) is 12.8 Å². The number of anilines is 1. The molecule has 1 aliphatic heterocycles. The Bertz CT molecular complexity index is 676. The predicted molar refractivity (Wildman–Crippen MR) is 91.8 cm³/mol. The van der Waals surface area contributed by atoms with E-state index in [1.54, 1.807) is 0 Å². The normalized spacial score (nSPS) is 26.0. The van der Waals surface area contributed by atoms with Crippen LogP contribution in [-0.4, -0.2) is 40.3 Å². The molecule has 2 fully saturated rings. The van der Waals surface area contributed by atoms with E-state index in [1.165, 1.54) is 24.3 Å². The van der Waals surface area contributed by atoms with Crippen LogP contribution >= 0.6 is 0 Å². The van der Waals surface area contributed by atoms with Gasteiger partial charge in [-0.3, -0.25) is 24.6 Å². The van der Waals surface area contributed by atoms with Crippen LogP contribution in [0.3, 0.4) is 0 Å². The number of amides is 2. The lowest BCUT2D eigenvalue weighted by Crippen LogP contribution is -2.48. The summed E-state index contributed by atoms with van der Waals surface area (Å²) in [6.07, 6.45) is 5.06. The number of hydrogen-bond donors (Lipinski definition) is 2. The molecule has 8 nitrogen and oxygen atoms in total. The van der Waals surface area contributed by atoms with Gasteiger partial charge in [0, 0.05) is 23.9 Å². The van der Waals surface area contributed by atoms with Crippen LogP contribution in [0.25, 0.3) is 0 Å². The molecule has 1 aromatic carbocycles. The maximum absolute atomic E-state index is 12.4. The molecule has 0 radical (unpaired) electrons. The summed E-state index contributed by atoms with van der Waals surface area (Å²) in [7, 11) is 0. The summed E-state index contributed by atoms with van der Waals surface area (Å²) in [5.41, 5.74) is 6.00. The molecule has 2 aliphatic rings. The third-order valence-electron chi connectivity index (χ3n) is 5.24. The predicted octanol–water partition coefficient (Wildman–Crippen LogP) is 1.65. The van der Waals surface area contributed by atoms with E-state index in [1.807, 2.05) is 4.90 Å². The Labute approximate surface area is 145 Å². The third-order valence-corrected chi connectivity index (χ3v) is 5.24. The van der Waals surface area contributed by atoms with E-state index in [4.69, 9.17) is 5.73 Å². The summed E-state index contributed by atoms with van der Waals surface area (Å²) in [4.78, 5) is 36.3. The molecule has 1 saturated heterocycles. The van der Waals surface area contributed by atoms with E-state index in [-0.39, 0.29) is 30.1 Å². The van der Waals surface area contributed by atoms with Crippen molar-refractivity contribution in [2.45, 2.75) is 44.2 Å². The van der Waals surface area contributed by atoms with Gasteiger partial charge in [-0.15, -0.1) is 0 Å². The average Bonchev–Trinajstić information content (AvgIpc) is 2.94. The zero-order valence-electron chi connectivity index (χ0n) is 13.9. The van der Waals surface area contributed by atoms with Crippen molar-refractivity contribution in [1.82, 2.24) is 4.90 Å². The molecule has 3 N–H and O–H groups in total. The Morgan fingerprint density at radius 1 is 1.24 bits per heavy atom. The van der Waals surface area contributed by atoms with Crippen LogP contribution in [-0.2, 0) is 9.59 Å². The molecule has 1 aromatic rings. The van der Waals surface area contributed by atoms with Gasteiger partial charge >= 0.3 is 0 Å².